The van der Waals surface area contributed by atoms with Gasteiger partial charge in [0, 0.05) is 6.54 Å². The molecule has 26 heavy (non-hydrogen) atoms. The van der Waals surface area contributed by atoms with E-state index in [1.165, 1.54) is 10.4 Å². The van der Waals surface area contributed by atoms with Crippen molar-refractivity contribution in [2.45, 2.75) is 17.7 Å². The second kappa shape index (κ2) is 7.13. The number of aryl methyl sites for hydroxylation is 1. The van der Waals surface area contributed by atoms with E-state index in [9.17, 15) is 16.8 Å². The van der Waals surface area contributed by atoms with Crippen molar-refractivity contribution in [1.82, 2.24) is 0 Å². The van der Waals surface area contributed by atoms with E-state index in [0.717, 1.165) is 12.0 Å². The second-order valence-corrected chi connectivity index (χ2v) is 9.64. The van der Waals surface area contributed by atoms with E-state index in [4.69, 9.17) is 0 Å². The van der Waals surface area contributed by atoms with Crippen molar-refractivity contribution in [2.75, 3.05) is 21.3 Å². The Bertz CT molecular complexity index is 1020. The number of rotatable bonds is 6. The largest absolute Gasteiger partial charge is 0.283 e. The van der Waals surface area contributed by atoms with Gasteiger partial charge in [-0.1, -0.05) is 30.3 Å². The summed E-state index contributed by atoms with van der Waals surface area (Å²) in [6, 6.07) is 13.2. The molecule has 1 N–H and O–H groups in total. The fourth-order valence-electron chi connectivity index (χ4n) is 2.95. The van der Waals surface area contributed by atoms with Crippen LogP contribution in [0, 0.1) is 0 Å². The van der Waals surface area contributed by atoms with Crippen LogP contribution >= 0.6 is 0 Å². The quantitative estimate of drug-likeness (QED) is 0.766. The molecule has 0 unspecified atom stereocenters. The van der Waals surface area contributed by atoms with Crippen molar-refractivity contribution in [1.29, 1.82) is 0 Å². The first-order chi connectivity index (χ1) is 12.3. The van der Waals surface area contributed by atoms with Crippen LogP contribution < -0.4 is 9.03 Å². The molecule has 1 heterocycles. The van der Waals surface area contributed by atoms with Gasteiger partial charge >= 0.3 is 0 Å². The van der Waals surface area contributed by atoms with Crippen LogP contribution in [-0.4, -0.2) is 29.1 Å². The van der Waals surface area contributed by atoms with Crippen LogP contribution in [0.5, 0.6) is 0 Å². The predicted molar refractivity (Wildman–Crippen MR) is 103 cm³/mol. The summed E-state index contributed by atoms with van der Waals surface area (Å²) in [4.78, 5) is 0.213. The maximum absolute atomic E-state index is 13.0. The van der Waals surface area contributed by atoms with Gasteiger partial charge in [-0.2, -0.15) is 0 Å². The summed E-state index contributed by atoms with van der Waals surface area (Å²) in [5.41, 5.74) is 1.72. The van der Waals surface area contributed by atoms with Crippen molar-refractivity contribution in [3.63, 3.8) is 0 Å². The van der Waals surface area contributed by atoms with Crippen molar-refractivity contribution in [3.05, 3.63) is 66.7 Å². The minimum Gasteiger partial charge on any atom is -0.283 e. The lowest BCUT2D eigenvalue weighted by Crippen LogP contribution is -2.35. The first kappa shape index (κ1) is 18.5. The molecule has 0 atom stereocenters. The zero-order chi connectivity index (χ0) is 18.8. The van der Waals surface area contributed by atoms with E-state index in [1.807, 2.05) is 0 Å². The number of nitrogens with zero attached hydrogens (tertiary/aromatic N) is 1. The Morgan fingerprint density at radius 1 is 1.08 bits per heavy atom. The number of nitrogens with one attached hydrogen (secondary N) is 1. The monoisotopic (exact) mass is 392 g/mol. The summed E-state index contributed by atoms with van der Waals surface area (Å²) < 4.78 is 53.8. The van der Waals surface area contributed by atoms with Gasteiger partial charge in [-0.15, -0.1) is 6.58 Å². The smallest absolute Gasteiger partial charge is 0.264 e. The molecule has 6 nitrogen and oxygen atoms in total. The molecule has 0 aromatic heterocycles. The summed E-state index contributed by atoms with van der Waals surface area (Å²) in [6.45, 7) is 3.78. The van der Waals surface area contributed by atoms with Gasteiger partial charge < -0.3 is 0 Å². The van der Waals surface area contributed by atoms with E-state index < -0.39 is 20.0 Å². The van der Waals surface area contributed by atoms with Crippen molar-refractivity contribution >= 4 is 31.4 Å². The van der Waals surface area contributed by atoms with Crippen molar-refractivity contribution in [2.24, 2.45) is 0 Å². The first-order valence-corrected chi connectivity index (χ1v) is 11.2. The molecule has 0 bridgehead atoms. The van der Waals surface area contributed by atoms with Crippen LogP contribution in [0.25, 0.3) is 0 Å². The van der Waals surface area contributed by atoms with Crippen LogP contribution in [0.3, 0.4) is 0 Å². The number of hydrogen-bond acceptors (Lipinski definition) is 4. The highest BCUT2D eigenvalue weighted by molar-refractivity contribution is 7.93. The van der Waals surface area contributed by atoms with Crippen LogP contribution in [0.1, 0.15) is 12.0 Å². The van der Waals surface area contributed by atoms with Crippen LogP contribution in [0.4, 0.5) is 11.4 Å². The Balaban J connectivity index is 2.01. The topological polar surface area (TPSA) is 83.6 Å². The number of hydrogen-bond donors (Lipinski definition) is 1. The molecular formula is C18H20N2O4S2. The summed E-state index contributed by atoms with van der Waals surface area (Å²) in [5, 5.41) is 0. The van der Waals surface area contributed by atoms with Gasteiger partial charge in [0.1, 0.15) is 0 Å². The fraction of sp³-hybridized carbons (Fsp3) is 0.222. The number of benzene rings is 2. The Kier molecular flexibility index (Phi) is 5.06. The number of fused-ring (bicyclic) bond motifs is 1. The molecule has 0 amide bonds. The average Bonchev–Trinajstić information content (AvgIpc) is 2.61. The van der Waals surface area contributed by atoms with Gasteiger partial charge in [-0.25, -0.2) is 16.8 Å². The van der Waals surface area contributed by atoms with Gasteiger partial charge in [0.15, 0.2) is 0 Å². The maximum atomic E-state index is 13.0. The maximum Gasteiger partial charge on any atom is 0.264 e. The van der Waals surface area contributed by atoms with E-state index >= 15 is 0 Å². The van der Waals surface area contributed by atoms with E-state index in [1.54, 1.807) is 48.5 Å². The lowest BCUT2D eigenvalue weighted by atomic mass is 10.0. The van der Waals surface area contributed by atoms with E-state index in [2.05, 4.69) is 11.3 Å². The summed E-state index contributed by atoms with van der Waals surface area (Å²) in [5.74, 6) is -0.212. The molecular weight excluding hydrogens is 372 g/mol. The van der Waals surface area contributed by atoms with E-state index in [-0.39, 0.29) is 10.6 Å². The Labute approximate surface area is 154 Å². The molecule has 0 fully saturated rings. The Morgan fingerprint density at radius 3 is 2.50 bits per heavy atom. The minimum atomic E-state index is -3.71. The highest BCUT2D eigenvalue weighted by atomic mass is 32.2. The van der Waals surface area contributed by atoms with E-state index in [0.29, 0.717) is 24.3 Å². The first-order valence-electron chi connectivity index (χ1n) is 8.15. The molecule has 2 aromatic rings. The van der Waals surface area contributed by atoms with Crippen molar-refractivity contribution in [3.8, 4) is 0 Å². The third-order valence-corrected chi connectivity index (χ3v) is 7.15. The molecule has 138 valence electrons. The average molecular weight is 393 g/mol. The molecule has 0 saturated carbocycles. The normalized spacial score (nSPS) is 14.5. The zero-order valence-electron chi connectivity index (χ0n) is 14.1. The third-order valence-electron chi connectivity index (χ3n) is 4.10. The molecule has 2 aromatic carbocycles. The molecule has 1 aliphatic heterocycles. The number of anilines is 2. The standard InChI is InChI=1S/C18H20N2O4S2/c1-2-13-25(21,22)19-16-11-10-15-7-6-12-20(18(15)14-16)26(23,24)17-8-4-3-5-9-17/h2-5,8-11,14,19H,1,6-7,12-13H2. The zero-order valence-corrected chi connectivity index (χ0v) is 15.8. The molecule has 0 saturated heterocycles. The van der Waals surface area contributed by atoms with Crippen LogP contribution in [0.15, 0.2) is 66.1 Å². The molecule has 0 aliphatic carbocycles. The predicted octanol–water partition coefficient (Wildman–Crippen LogP) is 2.76. The highest BCUT2D eigenvalue weighted by Crippen LogP contribution is 2.34. The van der Waals surface area contributed by atoms with Gasteiger partial charge in [0.05, 0.1) is 22.0 Å². The number of sulfonamides is 2. The summed E-state index contributed by atoms with van der Waals surface area (Å²) >= 11 is 0. The third kappa shape index (κ3) is 3.76. The van der Waals surface area contributed by atoms with Gasteiger partial charge in [-0.05, 0) is 42.7 Å². The summed E-state index contributed by atoms with van der Waals surface area (Å²) in [7, 11) is -7.26. The highest BCUT2D eigenvalue weighted by Gasteiger charge is 2.29. The van der Waals surface area contributed by atoms with Crippen LogP contribution in [0.2, 0.25) is 0 Å². The van der Waals surface area contributed by atoms with Crippen LogP contribution in [-0.2, 0) is 26.5 Å². The summed E-state index contributed by atoms with van der Waals surface area (Å²) in [6.07, 6.45) is 2.75. The molecule has 8 heteroatoms. The van der Waals surface area contributed by atoms with Gasteiger partial charge in [-0.3, -0.25) is 9.03 Å². The SMILES string of the molecule is C=CCS(=O)(=O)Nc1ccc2c(c1)N(S(=O)(=O)c1ccccc1)CCC2. The molecule has 3 rings (SSSR count). The molecule has 0 radical (unpaired) electrons. The Hall–Kier alpha value is -2.32. The molecule has 1 aliphatic rings. The van der Waals surface area contributed by atoms with Gasteiger partial charge in [0.2, 0.25) is 10.0 Å². The minimum absolute atomic E-state index is 0.212. The lowest BCUT2D eigenvalue weighted by Gasteiger charge is -2.31. The van der Waals surface area contributed by atoms with Gasteiger partial charge in [0.25, 0.3) is 10.0 Å². The van der Waals surface area contributed by atoms with Crippen molar-refractivity contribution < 1.29 is 16.8 Å². The fourth-order valence-corrected chi connectivity index (χ4v) is 5.38. The lowest BCUT2D eigenvalue weighted by molar-refractivity contribution is 0.586. The molecule has 0 spiro atoms. The Morgan fingerprint density at radius 2 is 1.81 bits per heavy atom. The second-order valence-electron chi connectivity index (χ2n) is 6.01.